The molecule has 1 saturated heterocycles. The molecule has 1 aromatic carbocycles. The molecule has 3 rings (SSSR count). The Hall–Kier alpha value is -2.08. The summed E-state index contributed by atoms with van der Waals surface area (Å²) < 4.78 is 11.4. The fourth-order valence-electron chi connectivity index (χ4n) is 3.52. The zero-order chi connectivity index (χ0) is 17.6. The molecule has 25 heavy (non-hydrogen) atoms. The Kier molecular flexibility index (Phi) is 5.91. The van der Waals surface area contributed by atoms with Crippen LogP contribution in [0.5, 0.6) is 5.75 Å². The number of piperidine rings is 1. The van der Waals surface area contributed by atoms with Crippen LogP contribution >= 0.6 is 0 Å². The predicted molar refractivity (Wildman–Crippen MR) is 93.4 cm³/mol. The van der Waals surface area contributed by atoms with Gasteiger partial charge in [-0.15, -0.1) is 0 Å². The number of nitrogens with two attached hydrogens (primary N) is 1. The Labute approximate surface area is 148 Å². The van der Waals surface area contributed by atoms with Crippen LogP contribution in [0, 0.1) is 0 Å². The van der Waals surface area contributed by atoms with E-state index in [0.717, 1.165) is 25.9 Å². The first kappa shape index (κ1) is 17.7. The molecule has 2 fully saturated rings. The van der Waals surface area contributed by atoms with Crippen LogP contribution in [0.15, 0.2) is 24.3 Å². The largest absolute Gasteiger partial charge is 0.484 e. The van der Waals surface area contributed by atoms with E-state index < -0.39 is 5.91 Å². The second-order valence-corrected chi connectivity index (χ2v) is 6.81. The Morgan fingerprint density at radius 3 is 2.20 bits per heavy atom. The summed E-state index contributed by atoms with van der Waals surface area (Å²) in [7, 11) is 0. The van der Waals surface area contributed by atoms with Crippen LogP contribution in [0.1, 0.15) is 48.9 Å². The van der Waals surface area contributed by atoms with Gasteiger partial charge in [0.25, 0.3) is 11.8 Å². The summed E-state index contributed by atoms with van der Waals surface area (Å²) in [5.74, 6) is 0.0302. The normalized spacial score (nSPS) is 19.1. The summed E-state index contributed by atoms with van der Waals surface area (Å²) in [4.78, 5) is 25.2. The van der Waals surface area contributed by atoms with E-state index in [2.05, 4.69) is 0 Å². The molecule has 6 heteroatoms. The lowest BCUT2D eigenvalue weighted by atomic mass is 10.1. The number of hydrogen-bond acceptors (Lipinski definition) is 4. The van der Waals surface area contributed by atoms with E-state index in [1.54, 1.807) is 24.3 Å². The molecule has 0 atom stereocenters. The lowest BCUT2D eigenvalue weighted by Crippen LogP contribution is -2.41. The summed E-state index contributed by atoms with van der Waals surface area (Å²) in [6.07, 6.45) is 7.45. The van der Waals surface area contributed by atoms with Gasteiger partial charge in [-0.2, -0.15) is 0 Å². The monoisotopic (exact) mass is 346 g/mol. The van der Waals surface area contributed by atoms with E-state index in [-0.39, 0.29) is 18.6 Å². The molecule has 2 aliphatic rings. The highest BCUT2D eigenvalue weighted by Gasteiger charge is 2.27. The zero-order valence-electron chi connectivity index (χ0n) is 14.5. The minimum Gasteiger partial charge on any atom is -0.484 e. The Balaban J connectivity index is 1.47. The van der Waals surface area contributed by atoms with Crippen molar-refractivity contribution in [2.75, 3.05) is 19.7 Å². The van der Waals surface area contributed by atoms with E-state index in [1.165, 1.54) is 25.7 Å². The lowest BCUT2D eigenvalue weighted by molar-refractivity contribution is -0.119. The van der Waals surface area contributed by atoms with Crippen LogP contribution in [0.3, 0.4) is 0 Å². The number of rotatable bonds is 6. The smallest absolute Gasteiger partial charge is 0.255 e. The zero-order valence-corrected chi connectivity index (χ0v) is 14.5. The van der Waals surface area contributed by atoms with Gasteiger partial charge in [-0.25, -0.2) is 0 Å². The van der Waals surface area contributed by atoms with Gasteiger partial charge in [-0.3, -0.25) is 9.59 Å². The average molecular weight is 346 g/mol. The maximum Gasteiger partial charge on any atom is 0.255 e. The van der Waals surface area contributed by atoms with Crippen molar-refractivity contribution >= 4 is 11.8 Å². The molecular weight excluding hydrogens is 320 g/mol. The Bertz CT molecular complexity index is 588. The number of carbonyl (C=O) groups excluding carboxylic acids is 2. The molecule has 2 amide bonds. The van der Waals surface area contributed by atoms with Gasteiger partial charge in [0.2, 0.25) is 0 Å². The standard InChI is InChI=1S/C19H26N2O4/c20-18(22)13-24-15-7-5-14(6-8-15)19(23)21-11-9-17(10-12-21)25-16-3-1-2-4-16/h5-8,16-17H,1-4,9-13H2,(H2,20,22). The van der Waals surface area contributed by atoms with E-state index in [0.29, 0.717) is 17.4 Å². The third-order valence-corrected chi connectivity index (χ3v) is 4.90. The molecule has 0 radical (unpaired) electrons. The summed E-state index contributed by atoms with van der Waals surface area (Å²) in [5, 5.41) is 0. The van der Waals surface area contributed by atoms with E-state index in [9.17, 15) is 9.59 Å². The minimum absolute atomic E-state index is 0.0285. The molecule has 0 spiro atoms. The summed E-state index contributed by atoms with van der Waals surface area (Å²) in [6, 6.07) is 6.82. The Morgan fingerprint density at radius 2 is 1.60 bits per heavy atom. The third kappa shape index (κ3) is 4.95. The highest BCUT2D eigenvalue weighted by molar-refractivity contribution is 5.94. The molecule has 1 aliphatic heterocycles. The van der Waals surface area contributed by atoms with Crippen LogP contribution in [0.4, 0.5) is 0 Å². The second-order valence-electron chi connectivity index (χ2n) is 6.81. The quantitative estimate of drug-likeness (QED) is 0.855. The highest BCUT2D eigenvalue weighted by atomic mass is 16.5. The van der Waals surface area contributed by atoms with E-state index >= 15 is 0 Å². The number of hydrogen-bond donors (Lipinski definition) is 1. The first-order valence-electron chi connectivity index (χ1n) is 9.08. The number of amides is 2. The number of carbonyl (C=O) groups is 2. The molecule has 6 nitrogen and oxygen atoms in total. The van der Waals surface area contributed by atoms with Gasteiger partial charge in [0, 0.05) is 18.7 Å². The first-order valence-corrected chi connectivity index (χ1v) is 9.08. The SMILES string of the molecule is NC(=O)COc1ccc(C(=O)N2CCC(OC3CCCC3)CC2)cc1. The molecule has 136 valence electrons. The van der Waals surface area contributed by atoms with Crippen molar-refractivity contribution in [2.24, 2.45) is 5.73 Å². The Morgan fingerprint density at radius 1 is 1.00 bits per heavy atom. The summed E-state index contributed by atoms with van der Waals surface area (Å²) >= 11 is 0. The third-order valence-electron chi connectivity index (χ3n) is 4.90. The van der Waals surface area contributed by atoms with Crippen LogP contribution in [0.25, 0.3) is 0 Å². The summed E-state index contributed by atoms with van der Waals surface area (Å²) in [5.41, 5.74) is 5.67. The minimum atomic E-state index is -0.525. The number of likely N-dealkylation sites (tertiary alicyclic amines) is 1. The van der Waals surface area contributed by atoms with Gasteiger partial charge in [-0.1, -0.05) is 12.8 Å². The topological polar surface area (TPSA) is 81.9 Å². The number of benzene rings is 1. The van der Waals surface area contributed by atoms with Crippen LogP contribution in [-0.4, -0.2) is 48.6 Å². The number of ether oxygens (including phenoxy) is 2. The van der Waals surface area contributed by atoms with Crippen molar-refractivity contribution in [3.63, 3.8) is 0 Å². The van der Waals surface area contributed by atoms with Crippen LogP contribution in [-0.2, 0) is 9.53 Å². The molecule has 0 bridgehead atoms. The highest BCUT2D eigenvalue weighted by Crippen LogP contribution is 2.26. The van der Waals surface area contributed by atoms with Crippen LogP contribution in [0.2, 0.25) is 0 Å². The molecule has 1 aromatic rings. The lowest BCUT2D eigenvalue weighted by Gasteiger charge is -2.33. The predicted octanol–water partition coefficient (Wildman–Crippen LogP) is 2.11. The molecule has 0 aromatic heterocycles. The van der Waals surface area contributed by atoms with Gasteiger partial charge < -0.3 is 20.1 Å². The van der Waals surface area contributed by atoms with Crippen molar-refractivity contribution < 1.29 is 19.1 Å². The molecule has 2 N–H and O–H groups in total. The second kappa shape index (κ2) is 8.34. The van der Waals surface area contributed by atoms with E-state index in [4.69, 9.17) is 15.2 Å². The molecule has 1 saturated carbocycles. The van der Waals surface area contributed by atoms with Crippen molar-refractivity contribution in [3.8, 4) is 5.75 Å². The fraction of sp³-hybridized carbons (Fsp3) is 0.579. The van der Waals surface area contributed by atoms with Crippen molar-refractivity contribution in [3.05, 3.63) is 29.8 Å². The van der Waals surface area contributed by atoms with Gasteiger partial charge >= 0.3 is 0 Å². The maximum atomic E-state index is 12.6. The van der Waals surface area contributed by atoms with Gasteiger partial charge in [0.15, 0.2) is 6.61 Å². The maximum absolute atomic E-state index is 12.6. The van der Waals surface area contributed by atoms with Crippen molar-refractivity contribution in [1.82, 2.24) is 4.90 Å². The van der Waals surface area contributed by atoms with Crippen molar-refractivity contribution in [1.29, 1.82) is 0 Å². The van der Waals surface area contributed by atoms with E-state index in [1.807, 2.05) is 4.90 Å². The number of primary amides is 1. The van der Waals surface area contributed by atoms with Crippen LogP contribution < -0.4 is 10.5 Å². The summed E-state index contributed by atoms with van der Waals surface area (Å²) in [6.45, 7) is 1.30. The molecule has 1 heterocycles. The molecular formula is C19H26N2O4. The van der Waals surface area contributed by atoms with Gasteiger partial charge in [-0.05, 0) is 49.9 Å². The molecule has 1 aliphatic carbocycles. The van der Waals surface area contributed by atoms with Gasteiger partial charge in [0.05, 0.1) is 12.2 Å². The number of nitrogens with zero attached hydrogens (tertiary/aromatic N) is 1. The molecule has 0 unspecified atom stereocenters. The van der Waals surface area contributed by atoms with Gasteiger partial charge in [0.1, 0.15) is 5.75 Å². The fourth-order valence-corrected chi connectivity index (χ4v) is 3.52. The van der Waals surface area contributed by atoms with Crippen molar-refractivity contribution in [2.45, 2.75) is 50.7 Å². The average Bonchev–Trinajstić information content (AvgIpc) is 3.13. The first-order chi connectivity index (χ1) is 12.1.